The molecule has 0 aliphatic carbocycles. The average molecular weight is 579 g/mol. The van der Waals surface area contributed by atoms with Gasteiger partial charge in [-0.25, -0.2) is 9.78 Å². The van der Waals surface area contributed by atoms with Crippen molar-refractivity contribution >= 4 is 35.2 Å². The number of carboxylic acid groups (broad SMARTS) is 1. The van der Waals surface area contributed by atoms with Crippen LogP contribution in [-0.4, -0.2) is 81.6 Å². The Morgan fingerprint density at radius 2 is 1.49 bits per heavy atom. The zero-order valence-corrected chi connectivity index (χ0v) is 24.1. The van der Waals surface area contributed by atoms with Gasteiger partial charge in [0.1, 0.15) is 22.3 Å². The van der Waals surface area contributed by atoms with Crippen LogP contribution in [0, 0.1) is 0 Å². The molecule has 3 aromatic rings. The summed E-state index contributed by atoms with van der Waals surface area (Å²) in [6.45, 7) is 5.98. The number of hydrogen-bond donors (Lipinski definition) is 2. The van der Waals surface area contributed by atoms with Gasteiger partial charge in [-0.3, -0.25) is 14.4 Å². The molecule has 0 spiro atoms. The van der Waals surface area contributed by atoms with Crippen LogP contribution in [0.2, 0.25) is 0 Å². The van der Waals surface area contributed by atoms with Crippen LogP contribution in [0.25, 0.3) is 21.0 Å². The summed E-state index contributed by atoms with van der Waals surface area (Å²) in [4.78, 5) is 59.3. The van der Waals surface area contributed by atoms with Crippen LogP contribution in [0.5, 0.6) is 0 Å². The SMILES string of the molecule is CC(C)(C)OC(=O)CC[C@H](NC(=O)c1nc(-c2ccccc2)sc1-c1ccccc1)C(=O)N1CCN(C(=O)O)CC1. The van der Waals surface area contributed by atoms with E-state index in [0.717, 1.165) is 11.1 Å². The number of nitrogens with one attached hydrogen (secondary N) is 1. The summed E-state index contributed by atoms with van der Waals surface area (Å²) in [6, 6.07) is 17.9. The van der Waals surface area contributed by atoms with Crippen LogP contribution in [0.15, 0.2) is 60.7 Å². The summed E-state index contributed by atoms with van der Waals surface area (Å²) in [6.07, 6.45) is -1.10. The van der Waals surface area contributed by atoms with Gasteiger partial charge in [0.15, 0.2) is 0 Å². The minimum absolute atomic E-state index is 0.0228. The molecule has 2 aromatic carbocycles. The minimum Gasteiger partial charge on any atom is -0.465 e. The number of hydrogen-bond acceptors (Lipinski definition) is 7. The third-order valence-electron chi connectivity index (χ3n) is 6.42. The van der Waals surface area contributed by atoms with Gasteiger partial charge in [0.2, 0.25) is 5.91 Å². The Kier molecular flexibility index (Phi) is 9.38. The van der Waals surface area contributed by atoms with E-state index in [1.165, 1.54) is 21.1 Å². The largest absolute Gasteiger partial charge is 0.465 e. The number of carbonyl (C=O) groups is 4. The molecule has 0 saturated carbocycles. The molecule has 1 fully saturated rings. The van der Waals surface area contributed by atoms with E-state index in [1.807, 2.05) is 60.7 Å². The van der Waals surface area contributed by atoms with Gasteiger partial charge in [-0.1, -0.05) is 60.7 Å². The Morgan fingerprint density at radius 1 is 0.927 bits per heavy atom. The van der Waals surface area contributed by atoms with E-state index < -0.39 is 29.6 Å². The van der Waals surface area contributed by atoms with E-state index in [4.69, 9.17) is 4.74 Å². The Bertz CT molecular complexity index is 1380. The standard InChI is InChI=1S/C30H34N4O6S/c1-30(2,3)40-23(35)15-14-22(28(37)33-16-18-34(19-17-33)29(38)39)31-26(36)24-25(20-10-6-4-7-11-20)41-27(32-24)21-12-8-5-9-13-21/h4-13,22H,14-19H2,1-3H3,(H,31,36)(H,38,39)/t22-/m0/s1. The first-order valence-corrected chi connectivity index (χ1v) is 14.2. The third kappa shape index (κ3) is 7.91. The van der Waals surface area contributed by atoms with Crippen molar-refractivity contribution in [1.82, 2.24) is 20.1 Å². The summed E-state index contributed by atoms with van der Waals surface area (Å²) < 4.78 is 5.41. The number of benzene rings is 2. The molecule has 216 valence electrons. The number of amides is 3. The zero-order valence-electron chi connectivity index (χ0n) is 23.3. The lowest BCUT2D eigenvalue weighted by molar-refractivity contribution is -0.155. The van der Waals surface area contributed by atoms with Crippen molar-refractivity contribution in [3.63, 3.8) is 0 Å². The summed E-state index contributed by atoms with van der Waals surface area (Å²) in [7, 11) is 0. The van der Waals surface area contributed by atoms with Gasteiger partial charge in [-0.15, -0.1) is 11.3 Å². The highest BCUT2D eigenvalue weighted by Crippen LogP contribution is 2.35. The van der Waals surface area contributed by atoms with Crippen LogP contribution < -0.4 is 5.32 Å². The molecule has 0 bridgehead atoms. The second kappa shape index (κ2) is 12.9. The van der Waals surface area contributed by atoms with E-state index in [2.05, 4.69) is 10.3 Å². The van der Waals surface area contributed by atoms with Gasteiger partial charge in [0, 0.05) is 38.2 Å². The van der Waals surface area contributed by atoms with Crippen LogP contribution in [0.1, 0.15) is 44.1 Å². The van der Waals surface area contributed by atoms with Crippen molar-refractivity contribution in [3.8, 4) is 21.0 Å². The molecular weight excluding hydrogens is 544 g/mol. The third-order valence-corrected chi connectivity index (χ3v) is 7.57. The maximum Gasteiger partial charge on any atom is 0.407 e. The highest BCUT2D eigenvalue weighted by molar-refractivity contribution is 7.18. The van der Waals surface area contributed by atoms with Gasteiger partial charge in [-0.05, 0) is 32.8 Å². The maximum absolute atomic E-state index is 13.8. The smallest absolute Gasteiger partial charge is 0.407 e. The van der Waals surface area contributed by atoms with E-state index in [0.29, 0.717) is 9.88 Å². The van der Waals surface area contributed by atoms with E-state index in [9.17, 15) is 24.3 Å². The highest BCUT2D eigenvalue weighted by atomic mass is 32.1. The molecule has 1 aromatic heterocycles. The van der Waals surface area contributed by atoms with Gasteiger partial charge in [-0.2, -0.15) is 0 Å². The highest BCUT2D eigenvalue weighted by Gasteiger charge is 2.32. The minimum atomic E-state index is -1.04. The van der Waals surface area contributed by atoms with Gasteiger partial charge in [0.25, 0.3) is 5.91 Å². The Hall–Kier alpha value is -4.25. The molecular formula is C30H34N4O6S. The topological polar surface area (TPSA) is 129 Å². The molecule has 11 heteroatoms. The molecule has 0 radical (unpaired) electrons. The molecule has 1 aliphatic rings. The van der Waals surface area contributed by atoms with Crippen LogP contribution >= 0.6 is 11.3 Å². The van der Waals surface area contributed by atoms with Crippen molar-refractivity contribution in [2.24, 2.45) is 0 Å². The lowest BCUT2D eigenvalue weighted by Crippen LogP contribution is -2.55. The quantitative estimate of drug-likeness (QED) is 0.376. The molecule has 3 amide bonds. The molecule has 10 nitrogen and oxygen atoms in total. The van der Waals surface area contributed by atoms with Gasteiger partial charge in [0.05, 0.1) is 4.88 Å². The molecule has 1 atom stereocenters. The Morgan fingerprint density at radius 3 is 2.05 bits per heavy atom. The molecule has 0 unspecified atom stereocenters. The van der Waals surface area contributed by atoms with Crippen molar-refractivity contribution in [3.05, 3.63) is 66.4 Å². The number of carbonyl (C=O) groups excluding carboxylic acids is 3. The fourth-order valence-electron chi connectivity index (χ4n) is 4.44. The molecule has 4 rings (SSSR count). The second-order valence-electron chi connectivity index (χ2n) is 10.7. The van der Waals surface area contributed by atoms with Crippen molar-refractivity contribution in [2.75, 3.05) is 26.2 Å². The number of piperazine rings is 1. The van der Waals surface area contributed by atoms with Crippen molar-refractivity contribution < 1.29 is 29.0 Å². The summed E-state index contributed by atoms with van der Waals surface area (Å²) in [5.41, 5.74) is 1.18. The van der Waals surface area contributed by atoms with Gasteiger partial charge >= 0.3 is 12.1 Å². The first-order chi connectivity index (χ1) is 19.5. The van der Waals surface area contributed by atoms with Gasteiger partial charge < -0.3 is 25.0 Å². The number of nitrogens with zero attached hydrogens (tertiary/aromatic N) is 3. The number of rotatable bonds is 8. The maximum atomic E-state index is 13.8. The molecule has 1 saturated heterocycles. The van der Waals surface area contributed by atoms with Crippen LogP contribution in [0.4, 0.5) is 4.79 Å². The lowest BCUT2D eigenvalue weighted by Gasteiger charge is -2.35. The summed E-state index contributed by atoms with van der Waals surface area (Å²) in [5.74, 6) is -1.40. The average Bonchev–Trinajstić information content (AvgIpc) is 3.41. The fourth-order valence-corrected chi connectivity index (χ4v) is 5.51. The Labute approximate surface area is 242 Å². The lowest BCUT2D eigenvalue weighted by atomic mass is 10.1. The number of aromatic nitrogens is 1. The predicted octanol–water partition coefficient (Wildman–Crippen LogP) is 4.52. The number of esters is 1. The predicted molar refractivity (Wildman–Crippen MR) is 155 cm³/mol. The second-order valence-corrected chi connectivity index (χ2v) is 11.7. The Balaban J connectivity index is 1.60. The number of thiazole rings is 1. The van der Waals surface area contributed by atoms with E-state index in [1.54, 1.807) is 20.8 Å². The van der Waals surface area contributed by atoms with E-state index in [-0.39, 0.29) is 50.6 Å². The summed E-state index contributed by atoms with van der Waals surface area (Å²) >= 11 is 1.38. The molecule has 1 aliphatic heterocycles. The monoisotopic (exact) mass is 578 g/mol. The zero-order chi connectivity index (χ0) is 29.6. The first kappa shape index (κ1) is 29.7. The van der Waals surface area contributed by atoms with E-state index >= 15 is 0 Å². The van der Waals surface area contributed by atoms with Crippen LogP contribution in [-0.2, 0) is 14.3 Å². The number of ether oxygens (including phenoxy) is 1. The molecule has 2 heterocycles. The van der Waals surface area contributed by atoms with Crippen LogP contribution in [0.3, 0.4) is 0 Å². The normalized spacial score (nSPS) is 14.3. The van der Waals surface area contributed by atoms with Crippen molar-refractivity contribution in [1.29, 1.82) is 0 Å². The first-order valence-electron chi connectivity index (χ1n) is 13.4. The fraction of sp³-hybridized carbons (Fsp3) is 0.367. The molecule has 41 heavy (non-hydrogen) atoms. The van der Waals surface area contributed by atoms with Crippen molar-refractivity contribution in [2.45, 2.75) is 45.3 Å². The molecule has 2 N–H and O–H groups in total. The summed E-state index contributed by atoms with van der Waals surface area (Å²) in [5, 5.41) is 12.8.